The van der Waals surface area contributed by atoms with Gasteiger partial charge in [-0.3, -0.25) is 4.79 Å². The van der Waals surface area contributed by atoms with Crippen molar-refractivity contribution in [2.75, 3.05) is 12.4 Å². The van der Waals surface area contributed by atoms with E-state index in [-0.39, 0.29) is 11.5 Å². The SMILES string of the molecule is COC1(CC(=O)Nc2cccc(/C=C/C(=O)O)c2)CCC1. The summed E-state index contributed by atoms with van der Waals surface area (Å²) in [6.07, 6.45) is 5.82. The van der Waals surface area contributed by atoms with Gasteiger partial charge < -0.3 is 15.2 Å². The van der Waals surface area contributed by atoms with Crippen molar-refractivity contribution >= 4 is 23.6 Å². The fraction of sp³-hybridized carbons (Fsp3) is 0.375. The fourth-order valence-corrected chi connectivity index (χ4v) is 2.41. The number of carboxylic acid groups (broad SMARTS) is 1. The molecule has 0 bridgehead atoms. The summed E-state index contributed by atoms with van der Waals surface area (Å²) in [5.41, 5.74) is 1.07. The maximum absolute atomic E-state index is 12.1. The van der Waals surface area contributed by atoms with Crippen LogP contribution in [0, 0.1) is 0 Å². The van der Waals surface area contributed by atoms with Crippen LogP contribution in [0.1, 0.15) is 31.2 Å². The molecule has 0 aromatic heterocycles. The first-order chi connectivity index (χ1) is 10.0. The summed E-state index contributed by atoms with van der Waals surface area (Å²) < 4.78 is 5.43. The van der Waals surface area contributed by atoms with Gasteiger partial charge in [0.1, 0.15) is 0 Å². The van der Waals surface area contributed by atoms with Crippen LogP contribution in [0.5, 0.6) is 0 Å². The van der Waals surface area contributed by atoms with Gasteiger partial charge >= 0.3 is 5.97 Å². The van der Waals surface area contributed by atoms with Gasteiger partial charge in [0.15, 0.2) is 0 Å². The number of ether oxygens (including phenoxy) is 1. The molecule has 5 nitrogen and oxygen atoms in total. The molecule has 2 rings (SSSR count). The Morgan fingerprint density at radius 2 is 2.19 bits per heavy atom. The van der Waals surface area contributed by atoms with Crippen LogP contribution < -0.4 is 5.32 Å². The molecule has 1 aliphatic carbocycles. The first kappa shape index (κ1) is 15.3. The molecule has 0 atom stereocenters. The number of rotatable bonds is 6. The van der Waals surface area contributed by atoms with E-state index in [2.05, 4.69) is 5.32 Å². The van der Waals surface area contributed by atoms with Crippen molar-refractivity contribution in [3.05, 3.63) is 35.9 Å². The van der Waals surface area contributed by atoms with Gasteiger partial charge in [0.2, 0.25) is 5.91 Å². The normalized spacial score (nSPS) is 16.4. The number of benzene rings is 1. The molecule has 0 saturated heterocycles. The second-order valence-corrected chi connectivity index (χ2v) is 5.26. The molecule has 0 spiro atoms. The van der Waals surface area contributed by atoms with Crippen molar-refractivity contribution in [2.45, 2.75) is 31.3 Å². The van der Waals surface area contributed by atoms with Crippen LogP contribution in [0.3, 0.4) is 0 Å². The molecular weight excluding hydrogens is 270 g/mol. The van der Waals surface area contributed by atoms with Gasteiger partial charge in [-0.1, -0.05) is 12.1 Å². The summed E-state index contributed by atoms with van der Waals surface area (Å²) in [7, 11) is 1.64. The lowest BCUT2D eigenvalue weighted by atomic mass is 9.77. The number of aliphatic carboxylic acids is 1. The number of amides is 1. The minimum absolute atomic E-state index is 0.0871. The highest BCUT2D eigenvalue weighted by Gasteiger charge is 2.38. The van der Waals surface area contributed by atoms with Crippen molar-refractivity contribution < 1.29 is 19.4 Å². The zero-order chi connectivity index (χ0) is 15.3. The highest BCUT2D eigenvalue weighted by molar-refractivity contribution is 5.92. The largest absolute Gasteiger partial charge is 0.478 e. The predicted octanol–water partition coefficient (Wildman–Crippen LogP) is 2.68. The lowest BCUT2D eigenvalue weighted by Crippen LogP contribution is -2.42. The topological polar surface area (TPSA) is 75.6 Å². The molecule has 1 aliphatic rings. The van der Waals surface area contributed by atoms with Crippen molar-refractivity contribution in [3.63, 3.8) is 0 Å². The Morgan fingerprint density at radius 1 is 1.43 bits per heavy atom. The number of carbonyl (C=O) groups excluding carboxylic acids is 1. The van der Waals surface area contributed by atoms with Crippen molar-refractivity contribution in [1.82, 2.24) is 0 Å². The molecule has 0 heterocycles. The quantitative estimate of drug-likeness (QED) is 0.789. The number of hydrogen-bond acceptors (Lipinski definition) is 3. The van der Waals surface area contributed by atoms with Crippen LogP contribution in [0.4, 0.5) is 5.69 Å². The van der Waals surface area contributed by atoms with Crippen molar-refractivity contribution in [3.8, 4) is 0 Å². The van der Waals surface area contributed by atoms with Crippen molar-refractivity contribution in [1.29, 1.82) is 0 Å². The molecule has 1 aromatic carbocycles. The molecular formula is C16H19NO4. The second-order valence-electron chi connectivity index (χ2n) is 5.26. The van der Waals surface area contributed by atoms with Crippen LogP contribution in [-0.4, -0.2) is 29.7 Å². The minimum atomic E-state index is -1.00. The highest BCUT2D eigenvalue weighted by Crippen LogP contribution is 2.38. The molecule has 1 saturated carbocycles. The highest BCUT2D eigenvalue weighted by atomic mass is 16.5. The molecule has 0 aliphatic heterocycles. The lowest BCUT2D eigenvalue weighted by molar-refractivity contribution is -0.131. The Hall–Kier alpha value is -2.14. The minimum Gasteiger partial charge on any atom is -0.478 e. The molecule has 112 valence electrons. The first-order valence-corrected chi connectivity index (χ1v) is 6.89. The maximum Gasteiger partial charge on any atom is 0.328 e. The summed E-state index contributed by atoms with van der Waals surface area (Å²) in [6, 6.07) is 7.05. The van der Waals surface area contributed by atoms with Crippen LogP contribution in [0.15, 0.2) is 30.3 Å². The monoisotopic (exact) mass is 289 g/mol. The third-order valence-electron chi connectivity index (χ3n) is 3.77. The molecule has 21 heavy (non-hydrogen) atoms. The van der Waals surface area contributed by atoms with Crippen LogP contribution >= 0.6 is 0 Å². The summed E-state index contributed by atoms with van der Waals surface area (Å²) in [4.78, 5) is 22.5. The van der Waals surface area contributed by atoms with Crippen LogP contribution in [-0.2, 0) is 14.3 Å². The van der Waals surface area contributed by atoms with Crippen molar-refractivity contribution in [2.24, 2.45) is 0 Å². The van der Waals surface area contributed by atoms with E-state index < -0.39 is 5.97 Å². The fourth-order valence-electron chi connectivity index (χ4n) is 2.41. The van der Waals surface area contributed by atoms with E-state index in [4.69, 9.17) is 9.84 Å². The number of anilines is 1. The second kappa shape index (κ2) is 6.54. The Labute approximate surface area is 123 Å². The number of hydrogen-bond donors (Lipinski definition) is 2. The number of carbonyl (C=O) groups is 2. The molecule has 1 aromatic rings. The molecule has 0 radical (unpaired) electrons. The van der Waals surface area contributed by atoms with E-state index in [0.717, 1.165) is 30.9 Å². The van der Waals surface area contributed by atoms with E-state index in [1.807, 2.05) is 0 Å². The number of carboxylic acids is 1. The summed E-state index contributed by atoms with van der Waals surface area (Å²) in [5, 5.41) is 11.4. The van der Waals surface area contributed by atoms with Gasteiger partial charge in [0, 0.05) is 18.9 Å². The van der Waals surface area contributed by atoms with Crippen LogP contribution in [0.25, 0.3) is 6.08 Å². The third kappa shape index (κ3) is 4.16. The van der Waals surface area contributed by atoms with Crippen LogP contribution in [0.2, 0.25) is 0 Å². The standard InChI is InChI=1S/C16H19NO4/c1-21-16(8-3-9-16)11-14(18)17-13-5-2-4-12(10-13)6-7-15(19)20/h2,4-7,10H,3,8-9,11H2,1H3,(H,17,18)(H,19,20)/b7-6+. The number of nitrogens with one attached hydrogen (secondary N) is 1. The van der Waals surface area contributed by atoms with E-state index in [0.29, 0.717) is 12.1 Å². The third-order valence-corrected chi connectivity index (χ3v) is 3.77. The summed E-state index contributed by atoms with van der Waals surface area (Å²) in [6.45, 7) is 0. The van der Waals surface area contributed by atoms with Gasteiger partial charge in [0.05, 0.1) is 12.0 Å². The first-order valence-electron chi connectivity index (χ1n) is 6.89. The van der Waals surface area contributed by atoms with E-state index in [9.17, 15) is 9.59 Å². The Bertz CT molecular complexity index is 556. The molecule has 5 heteroatoms. The Balaban J connectivity index is 1.97. The number of methoxy groups -OCH3 is 1. The zero-order valence-corrected chi connectivity index (χ0v) is 12.0. The molecule has 2 N–H and O–H groups in total. The van der Waals surface area contributed by atoms with Gasteiger partial charge in [-0.25, -0.2) is 4.79 Å². The average Bonchev–Trinajstić information content (AvgIpc) is 2.41. The maximum atomic E-state index is 12.1. The van der Waals surface area contributed by atoms with E-state index in [1.165, 1.54) is 6.08 Å². The van der Waals surface area contributed by atoms with E-state index >= 15 is 0 Å². The zero-order valence-electron chi connectivity index (χ0n) is 12.0. The summed E-state index contributed by atoms with van der Waals surface area (Å²) >= 11 is 0. The predicted molar refractivity (Wildman–Crippen MR) is 79.9 cm³/mol. The summed E-state index contributed by atoms with van der Waals surface area (Å²) in [5.74, 6) is -1.09. The Kier molecular flexibility index (Phi) is 4.75. The smallest absolute Gasteiger partial charge is 0.328 e. The molecule has 1 amide bonds. The molecule has 0 unspecified atom stereocenters. The lowest BCUT2D eigenvalue weighted by Gasteiger charge is -2.39. The average molecular weight is 289 g/mol. The Morgan fingerprint density at radius 3 is 2.76 bits per heavy atom. The van der Waals surface area contributed by atoms with Gasteiger partial charge in [-0.2, -0.15) is 0 Å². The van der Waals surface area contributed by atoms with Gasteiger partial charge in [0.25, 0.3) is 0 Å². The van der Waals surface area contributed by atoms with Gasteiger partial charge in [-0.05, 0) is 43.0 Å². The van der Waals surface area contributed by atoms with E-state index in [1.54, 1.807) is 31.4 Å². The van der Waals surface area contributed by atoms with Gasteiger partial charge in [-0.15, -0.1) is 0 Å². The molecule has 1 fully saturated rings.